The van der Waals surface area contributed by atoms with Gasteiger partial charge in [0.05, 0.1) is 13.7 Å². The van der Waals surface area contributed by atoms with Crippen LogP contribution in [0.15, 0.2) is 47.1 Å². The van der Waals surface area contributed by atoms with Gasteiger partial charge in [-0.3, -0.25) is 4.79 Å². The van der Waals surface area contributed by atoms with Gasteiger partial charge in [-0.05, 0) is 71.9 Å². The number of hydrogen-bond acceptors (Lipinski definition) is 4. The van der Waals surface area contributed by atoms with Crippen molar-refractivity contribution in [2.45, 2.75) is 57.2 Å². The summed E-state index contributed by atoms with van der Waals surface area (Å²) in [5, 5.41) is 11.4. The molecule has 1 aromatic carbocycles. The maximum atomic E-state index is 12.2. The molecule has 3 fully saturated rings. The molecule has 1 aliphatic heterocycles. The summed E-state index contributed by atoms with van der Waals surface area (Å²) in [5.41, 5.74) is 3.21. The van der Waals surface area contributed by atoms with Crippen LogP contribution >= 0.6 is 0 Å². The van der Waals surface area contributed by atoms with Crippen molar-refractivity contribution in [3.63, 3.8) is 0 Å². The number of terminal acetylenes is 1. The van der Waals surface area contributed by atoms with Crippen molar-refractivity contribution >= 4 is 5.78 Å². The maximum Gasteiger partial charge on any atom is 0.137 e. The number of ether oxygens (including phenoxy) is 2. The van der Waals surface area contributed by atoms with Gasteiger partial charge in [0.1, 0.15) is 23.2 Å². The zero-order valence-corrected chi connectivity index (χ0v) is 18.3. The molecule has 2 unspecified atom stereocenters. The summed E-state index contributed by atoms with van der Waals surface area (Å²) in [4.78, 5) is 12.2. The van der Waals surface area contributed by atoms with E-state index in [-0.39, 0.29) is 17.9 Å². The third-order valence-corrected chi connectivity index (χ3v) is 8.35. The molecule has 3 aliphatic carbocycles. The van der Waals surface area contributed by atoms with E-state index < -0.39 is 11.0 Å². The minimum atomic E-state index is -1.16. The molecule has 5 rings (SSSR count). The molecule has 4 nitrogen and oxygen atoms in total. The fourth-order valence-electron chi connectivity index (χ4n) is 6.50. The lowest BCUT2D eigenvalue weighted by atomic mass is 9.62. The number of aliphatic hydroxyl groups is 1. The SMILES string of the molecule is C#C[C@]1(O)CCC2C3CC=C4CC(=O)CCC4=C3[C@H](c3ccc(OC)cc3)OC[C@@]21C. The van der Waals surface area contributed by atoms with E-state index in [2.05, 4.69) is 31.1 Å². The normalized spacial score (nSPS) is 37.2. The fraction of sp³-hybridized carbons (Fsp3) is 0.519. The number of carbonyl (C=O) groups is 1. The van der Waals surface area contributed by atoms with Crippen molar-refractivity contribution < 1.29 is 19.4 Å². The van der Waals surface area contributed by atoms with Crippen molar-refractivity contribution in [1.82, 2.24) is 0 Å². The van der Waals surface area contributed by atoms with Gasteiger partial charge in [-0.25, -0.2) is 0 Å². The monoisotopic (exact) mass is 418 g/mol. The third-order valence-electron chi connectivity index (χ3n) is 8.35. The highest BCUT2D eigenvalue weighted by molar-refractivity contribution is 5.84. The first kappa shape index (κ1) is 20.5. The van der Waals surface area contributed by atoms with E-state index in [9.17, 15) is 9.90 Å². The molecule has 1 aromatic rings. The number of hydrogen-bond donors (Lipinski definition) is 1. The highest BCUT2D eigenvalue weighted by Crippen LogP contribution is 2.61. The lowest BCUT2D eigenvalue weighted by Crippen LogP contribution is -2.48. The number of benzene rings is 1. The molecule has 1 heterocycles. The van der Waals surface area contributed by atoms with Crippen molar-refractivity contribution in [3.05, 3.63) is 52.6 Å². The summed E-state index contributed by atoms with van der Waals surface area (Å²) in [6.07, 6.45) is 12.2. The molecule has 1 saturated heterocycles. The molecule has 1 N–H and O–H groups in total. The Kier molecular flexibility index (Phi) is 4.88. The zero-order valence-electron chi connectivity index (χ0n) is 18.3. The van der Waals surface area contributed by atoms with Crippen molar-refractivity contribution in [2.24, 2.45) is 17.3 Å². The maximum absolute atomic E-state index is 12.2. The van der Waals surface area contributed by atoms with Gasteiger partial charge in [-0.1, -0.05) is 31.1 Å². The summed E-state index contributed by atoms with van der Waals surface area (Å²) < 4.78 is 12.0. The van der Waals surface area contributed by atoms with Gasteiger partial charge in [0.25, 0.3) is 0 Å². The van der Waals surface area contributed by atoms with Gasteiger partial charge in [-0.2, -0.15) is 0 Å². The van der Waals surface area contributed by atoms with E-state index in [1.54, 1.807) is 7.11 Å². The third kappa shape index (κ3) is 3.02. The summed E-state index contributed by atoms with van der Waals surface area (Å²) in [6, 6.07) is 8.07. The van der Waals surface area contributed by atoms with E-state index >= 15 is 0 Å². The second kappa shape index (κ2) is 7.36. The smallest absolute Gasteiger partial charge is 0.137 e. The molecule has 0 amide bonds. The van der Waals surface area contributed by atoms with E-state index in [4.69, 9.17) is 15.9 Å². The average molecular weight is 419 g/mol. The molecule has 4 heteroatoms. The zero-order chi connectivity index (χ0) is 21.8. The Hall–Kier alpha value is -2.35. The van der Waals surface area contributed by atoms with E-state index in [1.807, 2.05) is 12.1 Å². The van der Waals surface area contributed by atoms with Gasteiger partial charge in [0.2, 0.25) is 0 Å². The first-order valence-electron chi connectivity index (χ1n) is 11.3. The Morgan fingerprint density at radius 2 is 2.03 bits per heavy atom. The van der Waals surface area contributed by atoms with Crippen molar-refractivity contribution in [2.75, 3.05) is 13.7 Å². The van der Waals surface area contributed by atoms with E-state index in [0.717, 1.165) is 30.6 Å². The van der Waals surface area contributed by atoms with Gasteiger partial charge in [-0.15, -0.1) is 6.42 Å². The van der Waals surface area contributed by atoms with Crippen LogP contribution in [0.25, 0.3) is 0 Å². The Balaban J connectivity index is 1.65. The van der Waals surface area contributed by atoms with Crippen LogP contribution < -0.4 is 4.74 Å². The number of methoxy groups -OCH3 is 1. The first-order valence-corrected chi connectivity index (χ1v) is 11.3. The quantitative estimate of drug-likeness (QED) is 0.717. The molecule has 4 aliphatic rings. The van der Waals surface area contributed by atoms with Crippen LogP contribution in [0.4, 0.5) is 0 Å². The van der Waals surface area contributed by atoms with Gasteiger partial charge < -0.3 is 14.6 Å². The molecule has 0 bridgehead atoms. The van der Waals surface area contributed by atoms with Crippen molar-refractivity contribution in [1.29, 1.82) is 0 Å². The average Bonchev–Trinajstić information content (AvgIpc) is 2.96. The first-order chi connectivity index (χ1) is 14.9. The summed E-state index contributed by atoms with van der Waals surface area (Å²) >= 11 is 0. The van der Waals surface area contributed by atoms with Crippen LogP contribution in [-0.4, -0.2) is 30.2 Å². The molecular formula is C27H30O4. The molecule has 0 aromatic heterocycles. The lowest BCUT2D eigenvalue weighted by molar-refractivity contribution is -0.118. The molecule has 31 heavy (non-hydrogen) atoms. The molecule has 0 spiro atoms. The second-order valence-corrected chi connectivity index (χ2v) is 9.75. The number of ketones is 1. The largest absolute Gasteiger partial charge is 0.497 e. The lowest BCUT2D eigenvalue weighted by Gasteiger charge is -2.42. The number of carbonyl (C=O) groups excluding carboxylic acids is 1. The number of allylic oxidation sites excluding steroid dienone is 3. The Morgan fingerprint density at radius 1 is 1.26 bits per heavy atom. The second-order valence-electron chi connectivity index (χ2n) is 9.75. The Labute approximate surface area is 184 Å². The summed E-state index contributed by atoms with van der Waals surface area (Å²) in [6.45, 7) is 2.52. The molecule has 2 saturated carbocycles. The van der Waals surface area contributed by atoms with Gasteiger partial charge in [0.15, 0.2) is 0 Å². The van der Waals surface area contributed by atoms with Crippen LogP contribution in [0.2, 0.25) is 0 Å². The Morgan fingerprint density at radius 3 is 2.74 bits per heavy atom. The van der Waals surface area contributed by atoms with Crippen molar-refractivity contribution in [3.8, 4) is 18.1 Å². The molecule has 162 valence electrons. The number of fused-ring (bicyclic) bond motifs is 4. The highest BCUT2D eigenvalue weighted by Gasteiger charge is 2.60. The van der Waals surface area contributed by atoms with E-state index in [1.165, 1.54) is 16.7 Å². The van der Waals surface area contributed by atoms with Crippen LogP contribution in [0.5, 0.6) is 5.75 Å². The van der Waals surface area contributed by atoms with Crippen LogP contribution in [0, 0.1) is 29.6 Å². The minimum Gasteiger partial charge on any atom is -0.497 e. The fourth-order valence-corrected chi connectivity index (χ4v) is 6.50. The minimum absolute atomic E-state index is 0.202. The van der Waals surface area contributed by atoms with Crippen LogP contribution in [0.3, 0.4) is 0 Å². The van der Waals surface area contributed by atoms with Crippen LogP contribution in [0.1, 0.15) is 57.1 Å². The predicted molar refractivity (Wildman–Crippen MR) is 118 cm³/mol. The summed E-state index contributed by atoms with van der Waals surface area (Å²) in [5.74, 6) is 4.35. The molecular weight excluding hydrogens is 388 g/mol. The van der Waals surface area contributed by atoms with Gasteiger partial charge >= 0.3 is 0 Å². The molecule has 0 radical (unpaired) electrons. The standard InChI is InChI=1S/C27H30O4/c1-4-27(29)14-13-23-22-11-7-18-15-19(28)8-12-21(18)24(22)25(31-16-26(23,27)2)17-5-9-20(30-3)10-6-17/h1,5-7,9-10,22-23,25,29H,8,11-16H2,2-3H3/t22?,23?,25-,26-,27-/m0/s1. The predicted octanol–water partition coefficient (Wildman–Crippen LogP) is 4.54. The van der Waals surface area contributed by atoms with Gasteiger partial charge in [0, 0.05) is 18.3 Å². The number of Topliss-reactive ketones (excluding diaryl/α,β-unsaturated/α-hetero) is 1. The Bertz CT molecular complexity index is 1010. The van der Waals surface area contributed by atoms with Crippen LogP contribution in [-0.2, 0) is 9.53 Å². The highest BCUT2D eigenvalue weighted by atomic mass is 16.5. The molecule has 5 atom stereocenters. The number of rotatable bonds is 2. The topological polar surface area (TPSA) is 55.8 Å². The summed E-state index contributed by atoms with van der Waals surface area (Å²) in [7, 11) is 1.66. The van der Waals surface area contributed by atoms with E-state index in [0.29, 0.717) is 31.7 Å².